The SMILES string of the molecule is CC(C)(C)C1CCC(=NNC(=O)c2ccc(CS(=O)(=O)c3ccccc3)o2)CC1. The van der Waals surface area contributed by atoms with E-state index in [9.17, 15) is 13.2 Å². The predicted molar refractivity (Wildman–Crippen MR) is 112 cm³/mol. The molecular formula is C22H28N2O4S. The predicted octanol–water partition coefficient (Wildman–Crippen LogP) is 4.58. The highest BCUT2D eigenvalue weighted by Gasteiger charge is 2.28. The monoisotopic (exact) mass is 416 g/mol. The number of rotatable bonds is 5. The van der Waals surface area contributed by atoms with Crippen molar-refractivity contribution in [2.75, 3.05) is 0 Å². The van der Waals surface area contributed by atoms with E-state index in [0.29, 0.717) is 11.3 Å². The number of carbonyl (C=O) groups is 1. The third kappa shape index (κ3) is 5.56. The molecule has 1 heterocycles. The van der Waals surface area contributed by atoms with Crippen LogP contribution in [0.4, 0.5) is 0 Å². The second-order valence-electron chi connectivity index (χ2n) is 8.60. The van der Waals surface area contributed by atoms with Gasteiger partial charge in [-0.1, -0.05) is 39.0 Å². The Morgan fingerprint density at radius 3 is 2.38 bits per heavy atom. The van der Waals surface area contributed by atoms with Crippen LogP contribution < -0.4 is 5.43 Å². The fourth-order valence-corrected chi connectivity index (χ4v) is 4.86. The molecule has 1 N–H and O–H groups in total. The first-order chi connectivity index (χ1) is 13.6. The molecule has 156 valence electrons. The number of hydrogen-bond acceptors (Lipinski definition) is 5. The van der Waals surface area contributed by atoms with Crippen LogP contribution in [0, 0.1) is 11.3 Å². The van der Waals surface area contributed by atoms with Gasteiger partial charge in [0.1, 0.15) is 11.5 Å². The molecule has 6 nitrogen and oxygen atoms in total. The lowest BCUT2D eigenvalue weighted by atomic mass is 9.72. The fourth-order valence-electron chi connectivity index (χ4n) is 3.59. The Labute approximate surface area is 172 Å². The van der Waals surface area contributed by atoms with E-state index in [1.807, 2.05) is 0 Å². The van der Waals surface area contributed by atoms with Gasteiger partial charge in [0.15, 0.2) is 15.6 Å². The number of hydrogen-bond donors (Lipinski definition) is 1. The lowest BCUT2D eigenvalue weighted by molar-refractivity contribution is 0.0925. The first-order valence-corrected chi connectivity index (χ1v) is 11.5. The quantitative estimate of drug-likeness (QED) is 0.723. The molecule has 3 rings (SSSR count). The number of amides is 1. The van der Waals surface area contributed by atoms with Crippen LogP contribution >= 0.6 is 0 Å². The Balaban J connectivity index is 1.58. The van der Waals surface area contributed by atoms with Crippen molar-refractivity contribution in [1.29, 1.82) is 0 Å². The van der Waals surface area contributed by atoms with Crippen molar-refractivity contribution in [2.45, 2.75) is 57.1 Å². The van der Waals surface area contributed by atoms with Gasteiger partial charge in [-0.3, -0.25) is 4.79 Å². The Bertz CT molecular complexity index is 975. The van der Waals surface area contributed by atoms with Gasteiger partial charge in [-0.05, 0) is 61.3 Å². The van der Waals surface area contributed by atoms with Crippen molar-refractivity contribution in [2.24, 2.45) is 16.4 Å². The third-order valence-electron chi connectivity index (χ3n) is 5.42. The number of carbonyl (C=O) groups excluding carboxylic acids is 1. The van der Waals surface area contributed by atoms with Gasteiger partial charge in [0.05, 0.1) is 4.90 Å². The molecule has 0 aliphatic heterocycles. The molecule has 0 radical (unpaired) electrons. The van der Waals surface area contributed by atoms with Crippen LogP contribution in [-0.4, -0.2) is 20.0 Å². The molecule has 0 bridgehead atoms. The average molecular weight is 417 g/mol. The second kappa shape index (κ2) is 8.53. The summed E-state index contributed by atoms with van der Waals surface area (Å²) in [5, 5.41) is 4.25. The van der Waals surface area contributed by atoms with Crippen LogP contribution in [0.5, 0.6) is 0 Å². The molecule has 2 aromatic rings. The molecule has 1 aromatic heterocycles. The van der Waals surface area contributed by atoms with Crippen LogP contribution in [0.15, 0.2) is 56.9 Å². The van der Waals surface area contributed by atoms with E-state index in [1.165, 1.54) is 24.3 Å². The van der Waals surface area contributed by atoms with E-state index in [1.54, 1.807) is 18.2 Å². The van der Waals surface area contributed by atoms with Crippen molar-refractivity contribution >= 4 is 21.5 Å². The van der Waals surface area contributed by atoms with E-state index < -0.39 is 15.7 Å². The molecule has 7 heteroatoms. The van der Waals surface area contributed by atoms with E-state index in [0.717, 1.165) is 31.4 Å². The van der Waals surface area contributed by atoms with Crippen LogP contribution in [0.1, 0.15) is 62.8 Å². The van der Waals surface area contributed by atoms with Crippen molar-refractivity contribution in [1.82, 2.24) is 5.43 Å². The van der Waals surface area contributed by atoms with Gasteiger partial charge in [-0.15, -0.1) is 0 Å². The Kier molecular flexibility index (Phi) is 6.27. The lowest BCUT2D eigenvalue weighted by Gasteiger charge is -2.34. The highest BCUT2D eigenvalue weighted by molar-refractivity contribution is 7.90. The molecule has 29 heavy (non-hydrogen) atoms. The summed E-state index contributed by atoms with van der Waals surface area (Å²) in [5.41, 5.74) is 3.81. The molecule has 1 fully saturated rings. The summed E-state index contributed by atoms with van der Waals surface area (Å²) in [6, 6.07) is 11.2. The maximum atomic E-state index is 12.4. The molecule has 1 aliphatic carbocycles. The van der Waals surface area contributed by atoms with Crippen molar-refractivity contribution < 1.29 is 17.6 Å². The lowest BCUT2D eigenvalue weighted by Crippen LogP contribution is -2.27. The zero-order valence-corrected chi connectivity index (χ0v) is 18.0. The summed E-state index contributed by atoms with van der Waals surface area (Å²) in [5.74, 6) is 0.163. The maximum Gasteiger partial charge on any atom is 0.307 e. The van der Waals surface area contributed by atoms with Gasteiger partial charge in [-0.25, -0.2) is 13.8 Å². The van der Waals surface area contributed by atoms with Crippen LogP contribution in [-0.2, 0) is 15.6 Å². The highest BCUT2D eigenvalue weighted by atomic mass is 32.2. The minimum atomic E-state index is -3.53. The summed E-state index contributed by atoms with van der Waals surface area (Å²) >= 11 is 0. The van der Waals surface area contributed by atoms with Crippen LogP contribution in [0.3, 0.4) is 0 Å². The number of hydrazone groups is 1. The molecule has 1 saturated carbocycles. The number of nitrogens with one attached hydrogen (secondary N) is 1. The van der Waals surface area contributed by atoms with Crippen LogP contribution in [0.25, 0.3) is 0 Å². The van der Waals surface area contributed by atoms with Crippen LogP contribution in [0.2, 0.25) is 0 Å². The molecule has 1 amide bonds. The molecule has 1 aliphatic rings. The van der Waals surface area contributed by atoms with E-state index in [4.69, 9.17) is 4.42 Å². The zero-order chi connectivity index (χ0) is 21.1. The third-order valence-corrected chi connectivity index (χ3v) is 7.08. The van der Waals surface area contributed by atoms with Crippen molar-refractivity contribution in [3.8, 4) is 0 Å². The first kappa shape index (κ1) is 21.3. The minimum Gasteiger partial charge on any atom is -0.455 e. The van der Waals surface area contributed by atoms with Crippen molar-refractivity contribution in [3.63, 3.8) is 0 Å². The first-order valence-electron chi connectivity index (χ1n) is 9.87. The Morgan fingerprint density at radius 2 is 1.76 bits per heavy atom. The van der Waals surface area contributed by atoms with E-state index in [2.05, 4.69) is 31.3 Å². The molecule has 0 unspecified atom stereocenters. The Morgan fingerprint density at radius 1 is 1.10 bits per heavy atom. The van der Waals surface area contributed by atoms with Gasteiger partial charge >= 0.3 is 5.91 Å². The minimum absolute atomic E-state index is 0.0518. The molecule has 0 atom stereocenters. The fraction of sp³-hybridized carbons (Fsp3) is 0.455. The number of nitrogens with zero attached hydrogens (tertiary/aromatic N) is 1. The normalized spacial score (nSPS) is 17.8. The summed E-state index contributed by atoms with van der Waals surface area (Å²) in [7, 11) is -3.53. The molecule has 0 saturated heterocycles. The van der Waals surface area contributed by atoms with Gasteiger partial charge < -0.3 is 4.42 Å². The van der Waals surface area contributed by atoms with Gasteiger partial charge in [-0.2, -0.15) is 5.10 Å². The Hall–Kier alpha value is -2.41. The summed E-state index contributed by atoms with van der Waals surface area (Å²) in [6.07, 6.45) is 3.89. The number of sulfone groups is 1. The molecule has 1 aromatic carbocycles. The second-order valence-corrected chi connectivity index (χ2v) is 10.6. The molecular weight excluding hydrogens is 388 g/mol. The zero-order valence-electron chi connectivity index (χ0n) is 17.1. The average Bonchev–Trinajstić information content (AvgIpc) is 3.14. The van der Waals surface area contributed by atoms with Gasteiger partial charge in [0, 0.05) is 5.71 Å². The smallest absolute Gasteiger partial charge is 0.307 e. The van der Waals surface area contributed by atoms with Gasteiger partial charge in [0.2, 0.25) is 0 Å². The van der Waals surface area contributed by atoms with E-state index >= 15 is 0 Å². The largest absolute Gasteiger partial charge is 0.455 e. The number of benzene rings is 1. The van der Waals surface area contributed by atoms with Crippen molar-refractivity contribution in [3.05, 3.63) is 54.0 Å². The summed E-state index contributed by atoms with van der Waals surface area (Å²) < 4.78 is 30.3. The van der Waals surface area contributed by atoms with E-state index in [-0.39, 0.29) is 22.2 Å². The summed E-state index contributed by atoms with van der Waals surface area (Å²) in [4.78, 5) is 12.5. The molecule has 0 spiro atoms. The standard InChI is InChI=1S/C22H28N2O4S/c1-22(2,3)16-9-11-17(12-10-16)23-24-21(25)20-14-13-18(28-20)15-29(26,27)19-7-5-4-6-8-19/h4-8,13-14,16H,9-12,15H2,1-3H3,(H,24,25). The maximum absolute atomic E-state index is 12.4. The summed E-state index contributed by atoms with van der Waals surface area (Å²) in [6.45, 7) is 6.77. The van der Waals surface area contributed by atoms with Gasteiger partial charge in [0.25, 0.3) is 0 Å². The highest BCUT2D eigenvalue weighted by Crippen LogP contribution is 2.36. The topological polar surface area (TPSA) is 88.7 Å². The number of furan rings is 1.